The van der Waals surface area contributed by atoms with Gasteiger partial charge in [0, 0.05) is 5.56 Å². The van der Waals surface area contributed by atoms with E-state index in [2.05, 4.69) is 15.5 Å². The van der Waals surface area contributed by atoms with Gasteiger partial charge in [-0.15, -0.1) is 10.2 Å². The number of benzene rings is 1. The van der Waals surface area contributed by atoms with Gasteiger partial charge in [0.1, 0.15) is 16.5 Å². The fourth-order valence-corrected chi connectivity index (χ4v) is 2.74. The molecule has 0 aliphatic rings. The number of amides is 1. The maximum Gasteiger partial charge on any atom is 0.261 e. The lowest BCUT2D eigenvalue weighted by molar-refractivity contribution is 0.102. The van der Waals surface area contributed by atoms with E-state index < -0.39 is 0 Å². The topological polar surface area (TPSA) is 68.0 Å². The number of carbonyl (C=O) groups is 1. The van der Waals surface area contributed by atoms with Crippen LogP contribution in [0.2, 0.25) is 0 Å². The van der Waals surface area contributed by atoms with E-state index in [1.807, 2.05) is 37.3 Å². The molecule has 2 aromatic heterocycles. The van der Waals surface area contributed by atoms with Crippen LogP contribution in [0.25, 0.3) is 10.6 Å². The number of rotatable bonds is 3. The van der Waals surface area contributed by atoms with Gasteiger partial charge in [0.2, 0.25) is 5.13 Å². The van der Waals surface area contributed by atoms with E-state index in [1.165, 1.54) is 11.3 Å². The SMILES string of the molecule is Cc1cc(C(=O)Nc2nnc(-c3ccccc3)s2)c(C)o1. The summed E-state index contributed by atoms with van der Waals surface area (Å²) in [7, 11) is 0. The lowest BCUT2D eigenvalue weighted by atomic mass is 10.2. The Morgan fingerprint density at radius 3 is 2.62 bits per heavy atom. The zero-order valence-corrected chi connectivity index (χ0v) is 12.4. The highest BCUT2D eigenvalue weighted by molar-refractivity contribution is 7.18. The van der Waals surface area contributed by atoms with E-state index in [-0.39, 0.29) is 5.91 Å². The lowest BCUT2D eigenvalue weighted by Gasteiger charge is -1.98. The van der Waals surface area contributed by atoms with Crippen molar-refractivity contribution in [1.29, 1.82) is 0 Å². The number of nitrogens with zero attached hydrogens (tertiary/aromatic N) is 2. The van der Waals surface area contributed by atoms with E-state index >= 15 is 0 Å². The number of aryl methyl sites for hydroxylation is 2. The monoisotopic (exact) mass is 299 g/mol. The van der Waals surface area contributed by atoms with E-state index in [0.29, 0.717) is 22.2 Å². The van der Waals surface area contributed by atoms with Crippen LogP contribution in [-0.2, 0) is 0 Å². The van der Waals surface area contributed by atoms with Gasteiger partial charge in [0.15, 0.2) is 0 Å². The first-order chi connectivity index (χ1) is 10.1. The molecule has 0 aliphatic heterocycles. The minimum absolute atomic E-state index is 0.236. The molecule has 5 nitrogen and oxygen atoms in total. The summed E-state index contributed by atoms with van der Waals surface area (Å²) in [6.07, 6.45) is 0. The first-order valence-corrected chi connectivity index (χ1v) is 7.22. The molecule has 0 atom stereocenters. The Labute approximate surface area is 125 Å². The Bertz CT molecular complexity index is 777. The van der Waals surface area contributed by atoms with Crippen molar-refractivity contribution in [3.8, 4) is 10.6 Å². The molecule has 106 valence electrons. The molecule has 0 bridgehead atoms. The summed E-state index contributed by atoms with van der Waals surface area (Å²) >= 11 is 1.34. The molecule has 0 unspecified atom stereocenters. The summed E-state index contributed by atoms with van der Waals surface area (Å²) in [6, 6.07) is 11.4. The van der Waals surface area contributed by atoms with Gasteiger partial charge in [0.25, 0.3) is 5.91 Å². The predicted octanol–water partition coefficient (Wildman–Crippen LogP) is 3.67. The van der Waals surface area contributed by atoms with Crippen LogP contribution < -0.4 is 5.32 Å². The average Bonchev–Trinajstić information content (AvgIpc) is 3.06. The Balaban J connectivity index is 1.79. The standard InChI is InChI=1S/C15H13N3O2S/c1-9-8-12(10(2)20-9)13(19)16-15-18-17-14(21-15)11-6-4-3-5-7-11/h3-8H,1-2H3,(H,16,18,19). The second kappa shape index (κ2) is 5.49. The molecule has 2 heterocycles. The largest absolute Gasteiger partial charge is 0.466 e. The van der Waals surface area contributed by atoms with Gasteiger partial charge in [-0.2, -0.15) is 0 Å². The van der Waals surface area contributed by atoms with E-state index in [0.717, 1.165) is 10.6 Å². The van der Waals surface area contributed by atoms with Gasteiger partial charge in [-0.25, -0.2) is 0 Å². The van der Waals surface area contributed by atoms with Crippen molar-refractivity contribution in [2.45, 2.75) is 13.8 Å². The number of carbonyl (C=O) groups excluding carboxylic acids is 1. The lowest BCUT2D eigenvalue weighted by Crippen LogP contribution is -2.11. The van der Waals surface area contributed by atoms with Gasteiger partial charge in [-0.3, -0.25) is 10.1 Å². The molecule has 1 N–H and O–H groups in total. The fraction of sp³-hybridized carbons (Fsp3) is 0.133. The molecule has 6 heteroatoms. The Kier molecular flexibility index (Phi) is 3.53. The number of furan rings is 1. The maximum atomic E-state index is 12.2. The summed E-state index contributed by atoms with van der Waals surface area (Å²) in [5.41, 5.74) is 1.50. The number of aromatic nitrogens is 2. The molecule has 3 aromatic rings. The Morgan fingerprint density at radius 2 is 1.95 bits per heavy atom. The molecule has 0 radical (unpaired) electrons. The Morgan fingerprint density at radius 1 is 1.19 bits per heavy atom. The molecule has 0 spiro atoms. The molecule has 0 aliphatic carbocycles. The maximum absolute atomic E-state index is 12.2. The second-order valence-electron chi connectivity index (χ2n) is 4.56. The molecular weight excluding hydrogens is 286 g/mol. The van der Waals surface area contributed by atoms with Crippen LogP contribution in [0.1, 0.15) is 21.9 Å². The highest BCUT2D eigenvalue weighted by Gasteiger charge is 2.15. The summed E-state index contributed by atoms with van der Waals surface area (Å²) in [5, 5.41) is 12.1. The third kappa shape index (κ3) is 2.85. The molecule has 0 saturated heterocycles. The van der Waals surface area contributed by atoms with Crippen LogP contribution in [0.3, 0.4) is 0 Å². The van der Waals surface area contributed by atoms with Crippen LogP contribution >= 0.6 is 11.3 Å². The zero-order valence-electron chi connectivity index (χ0n) is 11.6. The van der Waals surface area contributed by atoms with Crippen molar-refractivity contribution in [2.75, 3.05) is 5.32 Å². The quantitative estimate of drug-likeness (QED) is 0.801. The molecule has 0 fully saturated rings. The molecule has 1 aromatic carbocycles. The van der Waals surface area contributed by atoms with Crippen molar-refractivity contribution in [3.63, 3.8) is 0 Å². The molecule has 3 rings (SSSR count). The molecule has 0 saturated carbocycles. The van der Waals surface area contributed by atoms with Crippen LogP contribution in [0.15, 0.2) is 40.8 Å². The van der Waals surface area contributed by atoms with Gasteiger partial charge >= 0.3 is 0 Å². The van der Waals surface area contributed by atoms with Gasteiger partial charge in [0.05, 0.1) is 5.56 Å². The normalized spacial score (nSPS) is 10.6. The highest BCUT2D eigenvalue weighted by Crippen LogP contribution is 2.26. The summed E-state index contributed by atoms with van der Waals surface area (Å²) < 4.78 is 5.35. The first kappa shape index (κ1) is 13.5. The average molecular weight is 299 g/mol. The predicted molar refractivity (Wildman–Crippen MR) is 81.5 cm³/mol. The third-order valence-corrected chi connectivity index (χ3v) is 3.84. The first-order valence-electron chi connectivity index (χ1n) is 6.41. The van der Waals surface area contributed by atoms with Gasteiger partial charge in [-0.05, 0) is 19.9 Å². The highest BCUT2D eigenvalue weighted by atomic mass is 32.1. The number of hydrogen-bond acceptors (Lipinski definition) is 5. The fourth-order valence-electron chi connectivity index (χ4n) is 1.99. The smallest absolute Gasteiger partial charge is 0.261 e. The molecular formula is C15H13N3O2S. The van der Waals surface area contributed by atoms with Crippen LogP contribution in [0, 0.1) is 13.8 Å². The molecule has 1 amide bonds. The summed E-state index contributed by atoms with van der Waals surface area (Å²) in [5.74, 6) is 1.07. The number of anilines is 1. The van der Waals surface area contributed by atoms with Crippen LogP contribution in [-0.4, -0.2) is 16.1 Å². The van der Waals surface area contributed by atoms with Crippen molar-refractivity contribution in [2.24, 2.45) is 0 Å². The number of nitrogens with one attached hydrogen (secondary N) is 1. The van der Waals surface area contributed by atoms with Crippen molar-refractivity contribution >= 4 is 22.4 Å². The van der Waals surface area contributed by atoms with E-state index in [1.54, 1.807) is 13.0 Å². The Hall–Kier alpha value is -2.47. The van der Waals surface area contributed by atoms with Crippen molar-refractivity contribution in [3.05, 3.63) is 53.5 Å². The molecule has 21 heavy (non-hydrogen) atoms. The minimum atomic E-state index is -0.236. The van der Waals surface area contributed by atoms with Crippen LogP contribution in [0.4, 0.5) is 5.13 Å². The van der Waals surface area contributed by atoms with E-state index in [9.17, 15) is 4.79 Å². The zero-order chi connectivity index (χ0) is 14.8. The third-order valence-electron chi connectivity index (χ3n) is 2.95. The second-order valence-corrected chi connectivity index (χ2v) is 5.54. The van der Waals surface area contributed by atoms with Crippen molar-refractivity contribution < 1.29 is 9.21 Å². The summed E-state index contributed by atoms with van der Waals surface area (Å²) in [4.78, 5) is 12.2. The number of hydrogen-bond donors (Lipinski definition) is 1. The minimum Gasteiger partial charge on any atom is -0.466 e. The van der Waals surface area contributed by atoms with Gasteiger partial charge < -0.3 is 4.42 Å². The van der Waals surface area contributed by atoms with E-state index in [4.69, 9.17) is 4.42 Å². The van der Waals surface area contributed by atoms with Crippen molar-refractivity contribution in [1.82, 2.24) is 10.2 Å². The van der Waals surface area contributed by atoms with Gasteiger partial charge in [-0.1, -0.05) is 41.7 Å². The summed E-state index contributed by atoms with van der Waals surface area (Å²) in [6.45, 7) is 3.57. The van der Waals surface area contributed by atoms with Crippen LogP contribution in [0.5, 0.6) is 0 Å².